The van der Waals surface area contributed by atoms with Crippen LogP contribution in [0.4, 0.5) is 5.69 Å². The van der Waals surface area contributed by atoms with Crippen LogP contribution in [0.15, 0.2) is 48.5 Å². The summed E-state index contributed by atoms with van der Waals surface area (Å²) in [5.41, 5.74) is 4.19. The van der Waals surface area contributed by atoms with Gasteiger partial charge in [-0.1, -0.05) is 54.4 Å². The first kappa shape index (κ1) is 14.6. The van der Waals surface area contributed by atoms with Crippen molar-refractivity contribution in [2.75, 3.05) is 11.9 Å². The van der Waals surface area contributed by atoms with E-state index in [4.69, 9.17) is 0 Å². The molecule has 0 heterocycles. The molecular weight excluding hydrogens is 246 g/mol. The minimum absolute atomic E-state index is 0.0699. The Hall–Kier alpha value is -1.80. The molecule has 0 spiro atoms. The molecule has 0 amide bonds. The third-order valence-electron chi connectivity index (χ3n) is 3.91. The quantitative estimate of drug-likeness (QED) is 0.859. The molecule has 2 nitrogen and oxygen atoms in total. The molecule has 2 N–H and O–H groups in total. The smallest absolute Gasteiger partial charge is 0.0854 e. The van der Waals surface area contributed by atoms with Crippen molar-refractivity contribution in [3.63, 3.8) is 0 Å². The normalized spacial score (nSPS) is 13.8. The van der Waals surface area contributed by atoms with E-state index in [1.165, 1.54) is 11.1 Å². The summed E-state index contributed by atoms with van der Waals surface area (Å²) in [6, 6.07) is 16.6. The minimum Gasteiger partial charge on any atom is -0.394 e. The van der Waals surface area contributed by atoms with Crippen molar-refractivity contribution in [2.24, 2.45) is 0 Å². The number of aryl methyl sites for hydroxylation is 2. The molecule has 2 rings (SSSR count). The Morgan fingerprint density at radius 3 is 1.85 bits per heavy atom. The molecule has 0 fully saturated rings. The topological polar surface area (TPSA) is 32.3 Å². The number of aliphatic hydroxyl groups is 1. The fraction of sp³-hybridized carbons (Fsp3) is 0.333. The Morgan fingerprint density at radius 1 is 0.900 bits per heavy atom. The summed E-state index contributed by atoms with van der Waals surface area (Å²) in [4.78, 5) is 0. The van der Waals surface area contributed by atoms with Crippen LogP contribution in [0.1, 0.15) is 30.0 Å². The predicted octanol–water partition coefficient (Wildman–Crippen LogP) is 4.01. The van der Waals surface area contributed by atoms with Gasteiger partial charge in [-0.3, -0.25) is 0 Å². The van der Waals surface area contributed by atoms with E-state index in [9.17, 15) is 5.11 Å². The van der Waals surface area contributed by atoms with E-state index < -0.39 is 5.54 Å². The molecule has 0 saturated heterocycles. The summed E-state index contributed by atoms with van der Waals surface area (Å²) < 4.78 is 0. The molecule has 0 aromatic heterocycles. The van der Waals surface area contributed by atoms with Gasteiger partial charge in [-0.2, -0.15) is 0 Å². The average Bonchev–Trinajstić information content (AvgIpc) is 2.48. The summed E-state index contributed by atoms with van der Waals surface area (Å²) in [6.45, 7) is 6.31. The summed E-state index contributed by atoms with van der Waals surface area (Å²) >= 11 is 0. The van der Waals surface area contributed by atoms with Crippen LogP contribution < -0.4 is 5.32 Å². The Kier molecular flexibility index (Phi) is 4.46. The molecular formula is C18H23NO. The van der Waals surface area contributed by atoms with Gasteiger partial charge >= 0.3 is 0 Å². The van der Waals surface area contributed by atoms with Gasteiger partial charge in [0.2, 0.25) is 0 Å². The monoisotopic (exact) mass is 269 g/mol. The molecule has 1 unspecified atom stereocenters. The summed E-state index contributed by atoms with van der Waals surface area (Å²) in [7, 11) is 0. The Balaban J connectivity index is 2.33. The first-order chi connectivity index (χ1) is 9.59. The molecule has 2 aromatic carbocycles. The van der Waals surface area contributed by atoms with Crippen molar-refractivity contribution in [2.45, 2.75) is 32.7 Å². The van der Waals surface area contributed by atoms with E-state index in [0.29, 0.717) is 0 Å². The molecule has 0 saturated carbocycles. The molecule has 0 aliphatic heterocycles. The maximum atomic E-state index is 9.95. The minimum atomic E-state index is -0.428. The van der Waals surface area contributed by atoms with Gasteiger partial charge in [-0.25, -0.2) is 0 Å². The number of hydrogen-bond acceptors (Lipinski definition) is 2. The van der Waals surface area contributed by atoms with Crippen molar-refractivity contribution in [1.82, 2.24) is 0 Å². The molecule has 1 atom stereocenters. The Morgan fingerprint density at radius 2 is 1.40 bits per heavy atom. The summed E-state index contributed by atoms with van der Waals surface area (Å²) in [5.74, 6) is 0. The van der Waals surface area contributed by atoms with Crippen molar-refractivity contribution in [3.05, 3.63) is 65.2 Å². The van der Waals surface area contributed by atoms with Gasteiger partial charge in [-0.05, 0) is 38.0 Å². The standard InChI is InChI=1S/C18H23NO/c1-4-18(13-20,16-9-5-14(2)6-10-16)19-17-11-7-15(3)8-12-17/h5-12,19-20H,4,13H2,1-3H3. The third-order valence-corrected chi connectivity index (χ3v) is 3.91. The lowest BCUT2D eigenvalue weighted by Crippen LogP contribution is -2.38. The molecule has 2 heteroatoms. The molecule has 20 heavy (non-hydrogen) atoms. The summed E-state index contributed by atoms with van der Waals surface area (Å²) in [5, 5.41) is 13.5. The number of benzene rings is 2. The maximum absolute atomic E-state index is 9.95. The van der Waals surface area contributed by atoms with Crippen LogP contribution >= 0.6 is 0 Å². The van der Waals surface area contributed by atoms with Gasteiger partial charge in [-0.15, -0.1) is 0 Å². The fourth-order valence-corrected chi connectivity index (χ4v) is 2.39. The second kappa shape index (κ2) is 6.10. The predicted molar refractivity (Wildman–Crippen MR) is 85.0 cm³/mol. The lowest BCUT2D eigenvalue weighted by Gasteiger charge is -2.34. The Bertz CT molecular complexity index is 539. The van der Waals surface area contributed by atoms with Crippen LogP contribution in [0.2, 0.25) is 0 Å². The highest BCUT2D eigenvalue weighted by Gasteiger charge is 2.29. The van der Waals surface area contributed by atoms with Crippen LogP contribution in [0, 0.1) is 13.8 Å². The lowest BCUT2D eigenvalue weighted by molar-refractivity contribution is 0.207. The van der Waals surface area contributed by atoms with E-state index in [2.05, 4.69) is 74.6 Å². The molecule has 0 bridgehead atoms. The lowest BCUT2D eigenvalue weighted by atomic mass is 9.87. The Labute approximate surface area is 121 Å². The van der Waals surface area contributed by atoms with Crippen molar-refractivity contribution >= 4 is 5.69 Å². The highest BCUT2D eigenvalue weighted by atomic mass is 16.3. The zero-order valence-corrected chi connectivity index (χ0v) is 12.5. The van der Waals surface area contributed by atoms with Gasteiger partial charge < -0.3 is 10.4 Å². The van der Waals surface area contributed by atoms with E-state index >= 15 is 0 Å². The van der Waals surface area contributed by atoms with Crippen LogP contribution in [-0.2, 0) is 5.54 Å². The molecule has 106 valence electrons. The third kappa shape index (κ3) is 3.02. The highest BCUT2D eigenvalue weighted by molar-refractivity contribution is 5.49. The molecule has 0 aliphatic rings. The maximum Gasteiger partial charge on any atom is 0.0854 e. The SMILES string of the molecule is CCC(CO)(Nc1ccc(C)cc1)c1ccc(C)cc1. The van der Waals surface area contributed by atoms with Gasteiger partial charge in [0.1, 0.15) is 0 Å². The first-order valence-corrected chi connectivity index (χ1v) is 7.12. The molecule has 0 aliphatic carbocycles. The second-order valence-corrected chi connectivity index (χ2v) is 5.45. The number of aliphatic hydroxyl groups excluding tert-OH is 1. The first-order valence-electron chi connectivity index (χ1n) is 7.12. The van der Waals surface area contributed by atoms with Crippen LogP contribution in [-0.4, -0.2) is 11.7 Å². The zero-order valence-electron chi connectivity index (χ0n) is 12.5. The average molecular weight is 269 g/mol. The van der Waals surface area contributed by atoms with Crippen LogP contribution in [0.5, 0.6) is 0 Å². The highest BCUT2D eigenvalue weighted by Crippen LogP contribution is 2.29. The fourth-order valence-electron chi connectivity index (χ4n) is 2.39. The number of hydrogen-bond donors (Lipinski definition) is 2. The second-order valence-electron chi connectivity index (χ2n) is 5.45. The zero-order chi connectivity index (χ0) is 14.6. The van der Waals surface area contributed by atoms with Crippen molar-refractivity contribution in [1.29, 1.82) is 0 Å². The van der Waals surface area contributed by atoms with E-state index in [1.807, 2.05) is 0 Å². The number of rotatable bonds is 5. The summed E-state index contributed by atoms with van der Waals surface area (Å²) in [6.07, 6.45) is 0.820. The van der Waals surface area contributed by atoms with Crippen molar-refractivity contribution in [3.8, 4) is 0 Å². The van der Waals surface area contributed by atoms with E-state index in [1.54, 1.807) is 0 Å². The van der Waals surface area contributed by atoms with Gasteiger partial charge in [0, 0.05) is 5.69 Å². The van der Waals surface area contributed by atoms with Crippen LogP contribution in [0.25, 0.3) is 0 Å². The van der Waals surface area contributed by atoms with Gasteiger partial charge in [0.05, 0.1) is 12.1 Å². The molecule has 2 aromatic rings. The van der Waals surface area contributed by atoms with E-state index in [-0.39, 0.29) is 6.61 Å². The van der Waals surface area contributed by atoms with E-state index in [0.717, 1.165) is 17.7 Å². The number of nitrogens with one attached hydrogen (secondary N) is 1. The van der Waals surface area contributed by atoms with Gasteiger partial charge in [0.25, 0.3) is 0 Å². The van der Waals surface area contributed by atoms with Crippen LogP contribution in [0.3, 0.4) is 0 Å². The largest absolute Gasteiger partial charge is 0.394 e. The number of anilines is 1. The van der Waals surface area contributed by atoms with Crippen molar-refractivity contribution < 1.29 is 5.11 Å². The molecule has 0 radical (unpaired) electrons. The van der Waals surface area contributed by atoms with Gasteiger partial charge in [0.15, 0.2) is 0 Å².